The van der Waals surface area contributed by atoms with Crippen LogP contribution in [0.4, 0.5) is 10.5 Å². The number of carbonyl (C=O) groups is 3. The van der Waals surface area contributed by atoms with Crippen LogP contribution >= 0.6 is 11.6 Å². The number of ether oxygens (including phenoxy) is 1. The van der Waals surface area contributed by atoms with Gasteiger partial charge in [-0.05, 0) is 60.9 Å². The molecule has 1 fully saturated rings. The fraction of sp³-hybridized carbons (Fsp3) is 0.148. The van der Waals surface area contributed by atoms with E-state index in [0.29, 0.717) is 28.6 Å². The lowest BCUT2D eigenvalue weighted by Crippen LogP contribution is -2.54. The summed E-state index contributed by atoms with van der Waals surface area (Å²) < 4.78 is 5.98. The first-order chi connectivity index (χ1) is 16.4. The Bertz CT molecular complexity index is 1300. The highest BCUT2D eigenvalue weighted by atomic mass is 35.5. The van der Waals surface area contributed by atoms with E-state index in [2.05, 4.69) is 5.32 Å². The summed E-state index contributed by atoms with van der Waals surface area (Å²) in [6.07, 6.45) is 2.22. The minimum atomic E-state index is -0.793. The lowest BCUT2D eigenvalue weighted by Gasteiger charge is -2.26. The number of nitrogens with one attached hydrogen (secondary N) is 1. The van der Waals surface area contributed by atoms with Crippen molar-refractivity contribution in [3.8, 4) is 5.75 Å². The number of carbonyl (C=O) groups excluding carboxylic acids is 3. The van der Waals surface area contributed by atoms with Crippen LogP contribution in [0.25, 0.3) is 6.08 Å². The van der Waals surface area contributed by atoms with Crippen LogP contribution < -0.4 is 15.0 Å². The first kappa shape index (κ1) is 23.3. The van der Waals surface area contributed by atoms with Crippen molar-refractivity contribution >= 4 is 41.2 Å². The predicted octanol–water partition coefficient (Wildman–Crippen LogP) is 5.46. The predicted molar refractivity (Wildman–Crippen MR) is 132 cm³/mol. The lowest BCUT2D eigenvalue weighted by atomic mass is 10.1. The Labute approximate surface area is 202 Å². The maximum absolute atomic E-state index is 13.2. The maximum atomic E-state index is 13.2. The Morgan fingerprint density at radius 1 is 0.971 bits per heavy atom. The van der Waals surface area contributed by atoms with Gasteiger partial charge in [-0.15, -0.1) is 0 Å². The topological polar surface area (TPSA) is 75.7 Å². The van der Waals surface area contributed by atoms with Gasteiger partial charge in [0.05, 0.1) is 5.69 Å². The molecule has 1 aliphatic heterocycles. The molecule has 1 aliphatic rings. The van der Waals surface area contributed by atoms with Crippen molar-refractivity contribution in [1.29, 1.82) is 0 Å². The van der Waals surface area contributed by atoms with Crippen molar-refractivity contribution < 1.29 is 19.1 Å². The number of imide groups is 2. The molecule has 34 heavy (non-hydrogen) atoms. The zero-order valence-electron chi connectivity index (χ0n) is 18.8. The molecule has 0 aromatic heterocycles. The molecule has 4 rings (SSSR count). The van der Waals surface area contributed by atoms with E-state index in [9.17, 15) is 14.4 Å². The number of aryl methyl sites for hydroxylation is 2. The van der Waals surface area contributed by atoms with Crippen LogP contribution in [0.1, 0.15) is 29.2 Å². The fourth-order valence-electron chi connectivity index (χ4n) is 3.65. The smallest absolute Gasteiger partial charge is 0.335 e. The van der Waals surface area contributed by atoms with Crippen molar-refractivity contribution in [3.63, 3.8) is 0 Å². The van der Waals surface area contributed by atoms with Crippen molar-refractivity contribution in [2.75, 3.05) is 4.90 Å². The maximum Gasteiger partial charge on any atom is 0.335 e. The number of nitrogens with zero attached hydrogens (tertiary/aromatic N) is 1. The highest BCUT2D eigenvalue weighted by Crippen LogP contribution is 2.28. The third kappa shape index (κ3) is 5.02. The van der Waals surface area contributed by atoms with Gasteiger partial charge in [0.2, 0.25) is 0 Å². The van der Waals surface area contributed by atoms with E-state index >= 15 is 0 Å². The molecule has 3 aromatic carbocycles. The van der Waals surface area contributed by atoms with Gasteiger partial charge in [0.25, 0.3) is 11.8 Å². The average molecular weight is 475 g/mol. The third-order valence-corrected chi connectivity index (χ3v) is 5.69. The van der Waals surface area contributed by atoms with E-state index in [1.165, 1.54) is 6.08 Å². The van der Waals surface area contributed by atoms with Crippen LogP contribution in [0.15, 0.2) is 72.3 Å². The first-order valence-corrected chi connectivity index (χ1v) is 11.2. The molecule has 0 unspecified atom stereocenters. The molecule has 6 nitrogen and oxygen atoms in total. The number of rotatable bonds is 6. The minimum Gasteiger partial charge on any atom is -0.488 e. The summed E-state index contributed by atoms with van der Waals surface area (Å²) in [5.74, 6) is -1.04. The number of benzene rings is 3. The van der Waals surface area contributed by atoms with Gasteiger partial charge in [0.1, 0.15) is 17.9 Å². The van der Waals surface area contributed by atoms with Crippen molar-refractivity contribution in [2.45, 2.75) is 26.9 Å². The highest BCUT2D eigenvalue weighted by Gasteiger charge is 2.37. The molecule has 0 atom stereocenters. The van der Waals surface area contributed by atoms with Gasteiger partial charge >= 0.3 is 6.03 Å². The normalized spacial score (nSPS) is 15.0. The van der Waals surface area contributed by atoms with Crippen LogP contribution in [0.3, 0.4) is 0 Å². The fourth-order valence-corrected chi connectivity index (χ4v) is 3.84. The highest BCUT2D eigenvalue weighted by molar-refractivity contribution is 6.39. The second kappa shape index (κ2) is 9.93. The third-order valence-electron chi connectivity index (χ3n) is 5.45. The summed E-state index contributed by atoms with van der Waals surface area (Å²) in [6, 6.07) is 19.1. The summed E-state index contributed by atoms with van der Waals surface area (Å²) in [4.78, 5) is 39.2. The van der Waals surface area contributed by atoms with Crippen LogP contribution in [0.2, 0.25) is 5.02 Å². The van der Waals surface area contributed by atoms with Crippen molar-refractivity contribution in [2.24, 2.45) is 0 Å². The van der Waals surface area contributed by atoms with Gasteiger partial charge in [-0.25, -0.2) is 9.69 Å². The summed E-state index contributed by atoms with van der Waals surface area (Å²) in [6.45, 7) is 4.31. The van der Waals surface area contributed by atoms with Gasteiger partial charge in [0, 0.05) is 10.6 Å². The number of anilines is 1. The molecule has 1 saturated heterocycles. The number of halogens is 1. The summed E-state index contributed by atoms with van der Waals surface area (Å²) in [5, 5.41) is 2.66. The molecule has 0 radical (unpaired) electrons. The Hall–Kier alpha value is -3.90. The SMILES string of the molecule is CCc1ccc(N2C(=O)NC(=O)/C(=C\c3cc(Cl)ccc3OCc3cccc(C)c3)C2=O)cc1. The molecule has 3 aromatic rings. The van der Waals surface area contributed by atoms with Crippen LogP contribution in [-0.4, -0.2) is 17.8 Å². The quantitative estimate of drug-likeness (QED) is 0.380. The Kier molecular flexibility index (Phi) is 6.80. The van der Waals surface area contributed by atoms with Crippen LogP contribution in [0, 0.1) is 6.92 Å². The molecule has 7 heteroatoms. The molecule has 0 aliphatic carbocycles. The number of hydrogen-bond acceptors (Lipinski definition) is 4. The van der Waals surface area contributed by atoms with Crippen LogP contribution in [-0.2, 0) is 22.6 Å². The van der Waals surface area contributed by atoms with E-state index in [4.69, 9.17) is 16.3 Å². The molecule has 1 heterocycles. The van der Waals surface area contributed by atoms with E-state index in [1.54, 1.807) is 30.3 Å². The molecule has 4 amide bonds. The van der Waals surface area contributed by atoms with Crippen LogP contribution in [0.5, 0.6) is 5.75 Å². The van der Waals surface area contributed by atoms with Crippen molar-refractivity contribution in [3.05, 3.63) is 99.6 Å². The summed E-state index contributed by atoms with van der Waals surface area (Å²) in [7, 11) is 0. The lowest BCUT2D eigenvalue weighted by molar-refractivity contribution is -0.122. The van der Waals surface area contributed by atoms with Gasteiger partial charge < -0.3 is 4.74 Å². The minimum absolute atomic E-state index is 0.193. The Balaban J connectivity index is 1.66. The first-order valence-electron chi connectivity index (χ1n) is 10.8. The van der Waals surface area contributed by atoms with Gasteiger partial charge in [0.15, 0.2) is 0 Å². The van der Waals surface area contributed by atoms with E-state index in [0.717, 1.165) is 28.0 Å². The van der Waals surface area contributed by atoms with Gasteiger partial charge in [-0.1, -0.05) is 60.5 Å². The summed E-state index contributed by atoms with van der Waals surface area (Å²) in [5.41, 5.74) is 3.79. The largest absolute Gasteiger partial charge is 0.488 e. The zero-order valence-corrected chi connectivity index (χ0v) is 19.6. The molecule has 0 bridgehead atoms. The molecule has 0 saturated carbocycles. The number of urea groups is 1. The van der Waals surface area contributed by atoms with E-state index in [-0.39, 0.29) is 5.57 Å². The molecular formula is C27H23ClN2O4. The Morgan fingerprint density at radius 3 is 2.44 bits per heavy atom. The zero-order chi connectivity index (χ0) is 24.2. The van der Waals surface area contributed by atoms with E-state index in [1.807, 2.05) is 50.2 Å². The van der Waals surface area contributed by atoms with E-state index < -0.39 is 17.8 Å². The van der Waals surface area contributed by atoms with Gasteiger partial charge in [-0.2, -0.15) is 0 Å². The second-order valence-corrected chi connectivity index (χ2v) is 8.37. The number of barbiturate groups is 1. The summed E-state index contributed by atoms with van der Waals surface area (Å²) >= 11 is 6.19. The molecular weight excluding hydrogens is 452 g/mol. The standard InChI is InChI=1S/C27H23ClN2O4/c1-3-18-7-10-22(11-8-18)30-26(32)23(25(31)29-27(30)33)15-20-14-21(28)9-12-24(20)34-16-19-6-4-5-17(2)13-19/h4-15H,3,16H2,1-2H3,(H,29,31,33)/b23-15+. The molecule has 0 spiro atoms. The molecule has 172 valence electrons. The Morgan fingerprint density at radius 2 is 1.74 bits per heavy atom. The van der Waals surface area contributed by atoms with Gasteiger partial charge in [-0.3, -0.25) is 14.9 Å². The second-order valence-electron chi connectivity index (χ2n) is 7.94. The monoisotopic (exact) mass is 474 g/mol. The average Bonchev–Trinajstić information content (AvgIpc) is 2.81. The number of amides is 4. The van der Waals surface area contributed by atoms with Crippen molar-refractivity contribution in [1.82, 2.24) is 5.32 Å². The number of hydrogen-bond donors (Lipinski definition) is 1. The molecule has 1 N–H and O–H groups in total.